The number of aryl methyl sites for hydroxylation is 1. The molecule has 4 N–H and O–H groups in total. The molecule has 1 unspecified atom stereocenters. The number of halogens is 3. The highest BCUT2D eigenvalue weighted by atomic mass is 19.4. The summed E-state index contributed by atoms with van der Waals surface area (Å²) in [6, 6.07) is 11.8. The number of alkyl halides is 3. The van der Waals surface area contributed by atoms with E-state index in [0.717, 1.165) is 23.4 Å². The molecule has 0 fully saturated rings. The van der Waals surface area contributed by atoms with Crippen molar-refractivity contribution in [2.45, 2.75) is 37.3 Å². The van der Waals surface area contributed by atoms with Crippen molar-refractivity contribution < 1.29 is 33.0 Å². The largest absolute Gasteiger partial charge is 0.447 e. The van der Waals surface area contributed by atoms with Gasteiger partial charge in [0, 0.05) is 43.0 Å². The summed E-state index contributed by atoms with van der Waals surface area (Å²) in [6.45, 7) is 3.80. The van der Waals surface area contributed by atoms with Crippen LogP contribution in [0.1, 0.15) is 23.1 Å². The van der Waals surface area contributed by atoms with E-state index in [4.69, 9.17) is 0 Å². The van der Waals surface area contributed by atoms with Crippen LogP contribution in [0.3, 0.4) is 0 Å². The third kappa shape index (κ3) is 5.77. The summed E-state index contributed by atoms with van der Waals surface area (Å²) in [5, 5.41) is 24.9. The molecule has 192 valence electrons. The second-order valence-corrected chi connectivity index (χ2v) is 8.58. The molecule has 36 heavy (non-hydrogen) atoms. The predicted molar refractivity (Wildman–Crippen MR) is 129 cm³/mol. The Hall–Kier alpha value is -3.63. The fraction of sp³-hybridized carbons (Fsp3) is 0.308. The Kier molecular flexibility index (Phi) is 7.90. The number of carbonyl (C=O) groups excluding carboxylic acids is 2. The number of nitrogens with one attached hydrogen (secondary N) is 2. The molecule has 10 heteroatoms. The lowest BCUT2D eigenvalue weighted by Gasteiger charge is -2.26. The lowest BCUT2D eigenvalue weighted by atomic mass is 9.98. The molecule has 0 saturated heterocycles. The number of nitrogens with zero attached hydrogens (tertiary/aromatic N) is 1. The van der Waals surface area contributed by atoms with E-state index in [2.05, 4.69) is 17.2 Å². The molecule has 7 nitrogen and oxygen atoms in total. The first kappa shape index (κ1) is 27.0. The van der Waals surface area contributed by atoms with Gasteiger partial charge in [0.2, 0.25) is 5.91 Å². The van der Waals surface area contributed by atoms with Crippen LogP contribution in [0.15, 0.2) is 72.5 Å². The van der Waals surface area contributed by atoms with Crippen molar-refractivity contribution in [3.8, 4) is 0 Å². The Bertz CT molecular complexity index is 1180. The Labute approximate surface area is 206 Å². The number of benzene rings is 2. The quantitative estimate of drug-likeness (QED) is 0.265. The van der Waals surface area contributed by atoms with Crippen LogP contribution in [0.2, 0.25) is 0 Å². The van der Waals surface area contributed by atoms with Gasteiger partial charge in [-0.25, -0.2) is 0 Å². The second kappa shape index (κ2) is 10.5. The SMILES string of the molecule is C=C(/C=C(/Cc1ccccc1)NC)C(=O)NC1CCc2cc(C(O)(O)C(F)(F)F)ccc2N(C)C1=O. The van der Waals surface area contributed by atoms with Gasteiger partial charge in [-0.3, -0.25) is 9.59 Å². The standard InChI is InChI=1S/C26H28F3N3O4/c1-16(13-20(30-2)14-17-7-5-4-6-8-17)23(33)31-21-11-9-18-15-19(25(35,36)26(27,28)29)10-12-22(18)32(3)24(21)34/h4-8,10,12-13,15,21,30,35-36H,1,9,11,14H2,2-3H3,(H,31,33)/b20-13-. The van der Waals surface area contributed by atoms with Gasteiger partial charge in [-0.2, -0.15) is 13.2 Å². The van der Waals surface area contributed by atoms with E-state index in [1.165, 1.54) is 18.0 Å². The Morgan fingerprint density at radius 3 is 2.47 bits per heavy atom. The highest BCUT2D eigenvalue weighted by Gasteiger charge is 2.54. The van der Waals surface area contributed by atoms with Gasteiger partial charge in [-0.15, -0.1) is 0 Å². The maximum Gasteiger partial charge on any atom is 0.447 e. The zero-order valence-corrected chi connectivity index (χ0v) is 19.9. The van der Waals surface area contributed by atoms with Crippen LogP contribution in [0.5, 0.6) is 0 Å². The van der Waals surface area contributed by atoms with Gasteiger partial charge in [-0.05, 0) is 42.2 Å². The summed E-state index contributed by atoms with van der Waals surface area (Å²) in [5.74, 6) is -5.05. The van der Waals surface area contributed by atoms with E-state index >= 15 is 0 Å². The van der Waals surface area contributed by atoms with Gasteiger partial charge in [0.15, 0.2) is 0 Å². The minimum absolute atomic E-state index is 0.0983. The first-order valence-corrected chi connectivity index (χ1v) is 11.2. The fourth-order valence-corrected chi connectivity index (χ4v) is 3.96. The lowest BCUT2D eigenvalue weighted by Crippen LogP contribution is -2.47. The van der Waals surface area contributed by atoms with Crippen molar-refractivity contribution in [3.63, 3.8) is 0 Å². The monoisotopic (exact) mass is 503 g/mol. The molecule has 0 saturated carbocycles. The van der Waals surface area contributed by atoms with Gasteiger partial charge in [0.25, 0.3) is 11.7 Å². The molecule has 0 aromatic heterocycles. The third-order valence-electron chi connectivity index (χ3n) is 6.07. The van der Waals surface area contributed by atoms with Crippen LogP contribution in [0, 0.1) is 0 Å². The van der Waals surface area contributed by atoms with E-state index in [-0.39, 0.29) is 18.4 Å². The minimum atomic E-state index is -5.30. The molecule has 1 heterocycles. The smallest absolute Gasteiger partial charge is 0.391 e. The number of fused-ring (bicyclic) bond motifs is 1. The van der Waals surface area contributed by atoms with E-state index in [0.29, 0.717) is 17.7 Å². The highest BCUT2D eigenvalue weighted by molar-refractivity contribution is 6.03. The summed E-state index contributed by atoms with van der Waals surface area (Å²) in [5.41, 5.74) is 1.78. The molecular weight excluding hydrogens is 475 g/mol. The molecule has 1 atom stereocenters. The number of carbonyl (C=O) groups is 2. The Morgan fingerprint density at radius 1 is 1.19 bits per heavy atom. The first-order chi connectivity index (χ1) is 16.8. The molecule has 2 amide bonds. The molecule has 1 aliphatic rings. The molecular formula is C26H28F3N3O4. The van der Waals surface area contributed by atoms with Gasteiger partial charge in [0.1, 0.15) is 6.04 Å². The second-order valence-electron chi connectivity index (χ2n) is 8.58. The number of likely N-dealkylation sites (N-methyl/N-ethyl adjacent to an activating group) is 2. The number of allylic oxidation sites excluding steroid dienone is 1. The molecule has 2 aromatic carbocycles. The normalized spacial score (nSPS) is 16.8. The van der Waals surface area contributed by atoms with Crippen molar-refractivity contribution in [2.75, 3.05) is 19.0 Å². The number of hydrogen-bond acceptors (Lipinski definition) is 5. The summed E-state index contributed by atoms with van der Waals surface area (Å²) >= 11 is 0. The van der Waals surface area contributed by atoms with Crippen molar-refractivity contribution in [2.24, 2.45) is 0 Å². The number of hydrogen-bond donors (Lipinski definition) is 4. The van der Waals surface area contributed by atoms with Crippen molar-refractivity contribution in [1.82, 2.24) is 10.6 Å². The van der Waals surface area contributed by atoms with Crippen molar-refractivity contribution in [1.29, 1.82) is 0 Å². The average Bonchev–Trinajstić information content (AvgIpc) is 2.95. The summed E-state index contributed by atoms with van der Waals surface area (Å²) in [4.78, 5) is 27.0. The number of amides is 2. The van der Waals surface area contributed by atoms with Crippen LogP contribution < -0.4 is 15.5 Å². The predicted octanol–water partition coefficient (Wildman–Crippen LogP) is 2.68. The van der Waals surface area contributed by atoms with E-state index in [9.17, 15) is 33.0 Å². The molecule has 0 aliphatic carbocycles. The topological polar surface area (TPSA) is 102 Å². The molecule has 3 rings (SSSR count). The van der Waals surface area contributed by atoms with Crippen LogP contribution in [0.25, 0.3) is 0 Å². The molecule has 2 aromatic rings. The van der Waals surface area contributed by atoms with Crippen molar-refractivity contribution >= 4 is 17.5 Å². The zero-order chi connectivity index (χ0) is 26.7. The summed E-state index contributed by atoms with van der Waals surface area (Å²) < 4.78 is 39.2. The van der Waals surface area contributed by atoms with Crippen LogP contribution in [-0.2, 0) is 28.2 Å². The molecule has 0 radical (unpaired) electrons. The number of rotatable bonds is 7. The van der Waals surface area contributed by atoms with Crippen LogP contribution in [-0.4, -0.2) is 48.3 Å². The molecule has 1 aliphatic heterocycles. The van der Waals surface area contributed by atoms with E-state index in [1.807, 2.05) is 30.3 Å². The average molecular weight is 504 g/mol. The molecule has 0 bridgehead atoms. The third-order valence-corrected chi connectivity index (χ3v) is 6.07. The van der Waals surface area contributed by atoms with Crippen LogP contribution >= 0.6 is 0 Å². The molecule has 0 spiro atoms. The minimum Gasteiger partial charge on any atom is -0.391 e. The van der Waals surface area contributed by atoms with Gasteiger partial charge in [-0.1, -0.05) is 43.0 Å². The maximum absolute atomic E-state index is 13.1. The van der Waals surface area contributed by atoms with Crippen molar-refractivity contribution in [3.05, 3.63) is 89.1 Å². The Morgan fingerprint density at radius 2 is 1.86 bits per heavy atom. The first-order valence-electron chi connectivity index (χ1n) is 11.2. The van der Waals surface area contributed by atoms with Gasteiger partial charge >= 0.3 is 6.18 Å². The van der Waals surface area contributed by atoms with E-state index < -0.39 is 35.4 Å². The highest BCUT2D eigenvalue weighted by Crippen LogP contribution is 2.39. The zero-order valence-electron chi connectivity index (χ0n) is 19.9. The van der Waals surface area contributed by atoms with Gasteiger partial charge < -0.3 is 25.7 Å². The summed E-state index contributed by atoms with van der Waals surface area (Å²) in [7, 11) is 3.16. The van der Waals surface area contributed by atoms with E-state index in [1.54, 1.807) is 13.1 Å². The van der Waals surface area contributed by atoms with Gasteiger partial charge in [0.05, 0.1) is 0 Å². The lowest BCUT2D eigenvalue weighted by molar-refractivity contribution is -0.358. The number of aliphatic hydroxyl groups is 2. The fourth-order valence-electron chi connectivity index (χ4n) is 3.96. The maximum atomic E-state index is 13.1. The Balaban J connectivity index is 1.74. The number of anilines is 1. The summed E-state index contributed by atoms with van der Waals surface area (Å²) in [6.07, 6.45) is -2.95. The van der Waals surface area contributed by atoms with Crippen LogP contribution in [0.4, 0.5) is 18.9 Å².